The predicted molar refractivity (Wildman–Crippen MR) is 60.1 cm³/mol. The zero-order valence-electron chi connectivity index (χ0n) is 9.20. The molecule has 1 aromatic heterocycles. The molecule has 1 aromatic carbocycles. The summed E-state index contributed by atoms with van der Waals surface area (Å²) in [6, 6.07) is 8.19. The van der Waals surface area contributed by atoms with E-state index in [4.69, 9.17) is 0 Å². The van der Waals surface area contributed by atoms with Crippen LogP contribution >= 0.6 is 0 Å². The molecule has 0 aliphatic carbocycles. The highest BCUT2D eigenvalue weighted by atomic mass is 16.2. The van der Waals surface area contributed by atoms with Gasteiger partial charge in [-0.05, 0) is 29.5 Å². The first kappa shape index (κ1) is 11.1. The molecule has 0 saturated carbocycles. The van der Waals surface area contributed by atoms with E-state index in [2.05, 4.69) is 15.7 Å². The van der Waals surface area contributed by atoms with Crippen molar-refractivity contribution in [2.24, 2.45) is 0 Å². The maximum Gasteiger partial charge on any atom is 0.377 e. The number of hydrogen-bond acceptors (Lipinski definition) is 4. The van der Waals surface area contributed by atoms with Crippen LogP contribution in [0.15, 0.2) is 35.1 Å². The van der Waals surface area contributed by atoms with E-state index in [1.807, 2.05) is 6.07 Å². The molecule has 1 heterocycles. The molecule has 2 rings (SSSR count). The highest BCUT2D eigenvalue weighted by Crippen LogP contribution is 2.00. The molecule has 0 fully saturated rings. The van der Waals surface area contributed by atoms with Crippen LogP contribution in [0.25, 0.3) is 5.69 Å². The second-order valence-corrected chi connectivity index (χ2v) is 3.26. The molecule has 0 aliphatic heterocycles. The number of hydrogen-bond donors (Lipinski definition) is 1. The average Bonchev–Trinajstić information content (AvgIpc) is 2.72. The lowest BCUT2D eigenvalue weighted by molar-refractivity contribution is 0.239. The maximum atomic E-state index is 11.8. The quantitative estimate of drug-likeness (QED) is 0.740. The van der Waals surface area contributed by atoms with Gasteiger partial charge in [0.15, 0.2) is 0 Å². The minimum atomic E-state index is -0.595. The minimum Gasteiger partial charge on any atom is -0.336 e. The van der Waals surface area contributed by atoms with Crippen LogP contribution < -0.4 is 11.0 Å². The molecule has 0 unspecified atom stereocenters. The van der Waals surface area contributed by atoms with Crippen molar-refractivity contribution in [2.75, 3.05) is 6.54 Å². The second kappa shape index (κ2) is 4.60. The summed E-state index contributed by atoms with van der Waals surface area (Å²) in [7, 11) is 0. The Bertz CT molecular complexity index is 572. The molecule has 0 aliphatic rings. The van der Waals surface area contributed by atoms with Gasteiger partial charge in [0.05, 0.1) is 5.69 Å². The van der Waals surface area contributed by atoms with Crippen LogP contribution in [0, 0.1) is 0 Å². The second-order valence-electron chi connectivity index (χ2n) is 3.26. The van der Waals surface area contributed by atoms with Crippen molar-refractivity contribution in [2.45, 2.75) is 6.92 Å². The topological polar surface area (TPSA) is 81.8 Å². The zero-order valence-corrected chi connectivity index (χ0v) is 9.20. The third kappa shape index (κ3) is 2.07. The highest BCUT2D eigenvalue weighted by molar-refractivity contribution is 5.75. The van der Waals surface area contributed by atoms with E-state index in [1.54, 1.807) is 31.2 Å². The first-order valence-electron chi connectivity index (χ1n) is 5.12. The number of carbonyl (C=O) groups is 1. The van der Waals surface area contributed by atoms with E-state index in [-0.39, 0.29) is 0 Å². The molecule has 0 spiro atoms. The summed E-state index contributed by atoms with van der Waals surface area (Å²) < 4.78 is 1.76. The van der Waals surface area contributed by atoms with Crippen molar-refractivity contribution in [3.05, 3.63) is 40.8 Å². The Morgan fingerprint density at radius 2 is 2.00 bits per heavy atom. The summed E-state index contributed by atoms with van der Waals surface area (Å²) in [4.78, 5) is 23.3. The van der Waals surface area contributed by atoms with Gasteiger partial charge in [-0.15, -0.1) is 4.68 Å². The van der Waals surface area contributed by atoms with Gasteiger partial charge in [-0.3, -0.25) is 0 Å². The molecule has 0 atom stereocenters. The molecule has 7 heteroatoms. The van der Waals surface area contributed by atoms with E-state index in [0.29, 0.717) is 16.9 Å². The number of benzene rings is 1. The molecule has 1 amide bonds. The number of para-hydroxylation sites is 1. The predicted octanol–water partition coefficient (Wildman–Crippen LogP) is 0.00660. The summed E-state index contributed by atoms with van der Waals surface area (Å²) in [5.41, 5.74) is -0.0322. The standard InChI is InChI=1S/C10H11N5O2/c1-2-11-9(16)15-10(17)14(12-13-15)8-6-4-3-5-7-8/h3-7H,2H2,1H3,(H,11,16). The number of rotatable bonds is 2. The Morgan fingerprint density at radius 1 is 1.29 bits per heavy atom. The number of amides is 1. The largest absolute Gasteiger partial charge is 0.377 e. The minimum absolute atomic E-state index is 0.420. The lowest BCUT2D eigenvalue weighted by Gasteiger charge is -1.98. The number of nitrogens with zero attached hydrogens (tertiary/aromatic N) is 4. The zero-order chi connectivity index (χ0) is 12.3. The van der Waals surface area contributed by atoms with E-state index in [1.165, 1.54) is 0 Å². The van der Waals surface area contributed by atoms with Crippen molar-refractivity contribution < 1.29 is 4.79 Å². The summed E-state index contributed by atoms with van der Waals surface area (Å²) in [6.07, 6.45) is 0. The van der Waals surface area contributed by atoms with Gasteiger partial charge in [0.2, 0.25) is 0 Å². The summed E-state index contributed by atoms with van der Waals surface area (Å²) in [6.45, 7) is 2.17. The Balaban J connectivity index is 2.40. The molecule has 0 radical (unpaired) electrons. The van der Waals surface area contributed by atoms with Gasteiger partial charge in [0, 0.05) is 6.54 Å². The van der Waals surface area contributed by atoms with E-state index in [0.717, 1.165) is 4.68 Å². The van der Waals surface area contributed by atoms with Crippen LogP contribution in [0.5, 0.6) is 0 Å². The van der Waals surface area contributed by atoms with Crippen molar-refractivity contribution in [3.8, 4) is 5.69 Å². The van der Waals surface area contributed by atoms with Gasteiger partial charge in [-0.25, -0.2) is 9.59 Å². The highest BCUT2D eigenvalue weighted by Gasteiger charge is 2.13. The van der Waals surface area contributed by atoms with Gasteiger partial charge in [-0.2, -0.15) is 4.68 Å². The van der Waals surface area contributed by atoms with Crippen molar-refractivity contribution in [3.63, 3.8) is 0 Å². The Labute approximate surface area is 96.6 Å². The SMILES string of the molecule is CCNC(=O)n1nnn(-c2ccccc2)c1=O. The molecular formula is C10H11N5O2. The number of carbonyl (C=O) groups excluding carboxylic acids is 1. The monoisotopic (exact) mass is 233 g/mol. The lowest BCUT2D eigenvalue weighted by Crippen LogP contribution is -2.37. The van der Waals surface area contributed by atoms with Crippen LogP contribution in [0.2, 0.25) is 0 Å². The van der Waals surface area contributed by atoms with Gasteiger partial charge >= 0.3 is 11.7 Å². The third-order valence-corrected chi connectivity index (χ3v) is 2.10. The average molecular weight is 233 g/mol. The van der Waals surface area contributed by atoms with E-state index in [9.17, 15) is 9.59 Å². The number of aromatic nitrogens is 4. The Kier molecular flexibility index (Phi) is 2.99. The van der Waals surface area contributed by atoms with Gasteiger partial charge < -0.3 is 5.32 Å². The molecule has 2 aromatic rings. The van der Waals surface area contributed by atoms with Crippen molar-refractivity contribution >= 4 is 6.03 Å². The molecule has 1 N–H and O–H groups in total. The van der Waals surface area contributed by atoms with Crippen LogP contribution in [0.4, 0.5) is 4.79 Å². The molecule has 0 bridgehead atoms. The van der Waals surface area contributed by atoms with Gasteiger partial charge in [0.1, 0.15) is 0 Å². The van der Waals surface area contributed by atoms with Crippen LogP contribution in [-0.2, 0) is 0 Å². The maximum absolute atomic E-state index is 11.8. The van der Waals surface area contributed by atoms with E-state index < -0.39 is 11.7 Å². The van der Waals surface area contributed by atoms with Gasteiger partial charge in [-0.1, -0.05) is 18.2 Å². The molecule has 7 nitrogen and oxygen atoms in total. The molecule has 0 saturated heterocycles. The summed E-state index contributed by atoms with van der Waals surface area (Å²) >= 11 is 0. The molecule has 88 valence electrons. The lowest BCUT2D eigenvalue weighted by atomic mass is 10.3. The number of nitrogens with one attached hydrogen (secondary N) is 1. The third-order valence-electron chi connectivity index (χ3n) is 2.10. The Morgan fingerprint density at radius 3 is 2.65 bits per heavy atom. The molecular weight excluding hydrogens is 222 g/mol. The van der Waals surface area contributed by atoms with Crippen LogP contribution in [0.3, 0.4) is 0 Å². The molecule has 17 heavy (non-hydrogen) atoms. The van der Waals surface area contributed by atoms with Gasteiger partial charge in [0.25, 0.3) is 0 Å². The first-order valence-corrected chi connectivity index (χ1v) is 5.12. The fourth-order valence-electron chi connectivity index (χ4n) is 1.33. The normalized spacial score (nSPS) is 10.2. The summed E-state index contributed by atoms with van der Waals surface area (Å²) in [5.74, 6) is 0. The van der Waals surface area contributed by atoms with E-state index >= 15 is 0 Å². The fraction of sp³-hybridized carbons (Fsp3) is 0.200. The fourth-order valence-corrected chi connectivity index (χ4v) is 1.33. The van der Waals surface area contributed by atoms with Crippen LogP contribution in [-0.4, -0.2) is 32.4 Å². The van der Waals surface area contributed by atoms with Crippen LogP contribution in [0.1, 0.15) is 6.92 Å². The first-order chi connectivity index (χ1) is 8.24. The smallest absolute Gasteiger partial charge is 0.336 e. The Hall–Kier alpha value is -2.44. The number of tetrazole rings is 1. The van der Waals surface area contributed by atoms with Crippen molar-refractivity contribution in [1.29, 1.82) is 0 Å². The summed E-state index contributed by atoms with van der Waals surface area (Å²) in [5, 5.41) is 9.64. The van der Waals surface area contributed by atoms with Crippen molar-refractivity contribution in [1.82, 2.24) is 25.1 Å².